The molecule has 2 amide bonds. The van der Waals surface area contributed by atoms with E-state index in [1.54, 1.807) is 18.5 Å². The van der Waals surface area contributed by atoms with Crippen LogP contribution in [0.25, 0.3) is 22.2 Å². The molecular formula is C21H22N4O2. The standard InChI is InChI=1S/C21H22N4O2/c1-21(2,3)25-19(26)13-23-20(27)16-12-18(14-8-10-22-11-9-14)24-17-7-5-4-6-15(16)17/h4-12H,13H2,1-3H3,(H,23,27)(H,25,26). The second-order valence-corrected chi connectivity index (χ2v) is 7.29. The Morgan fingerprint density at radius 1 is 1.04 bits per heavy atom. The van der Waals surface area contributed by atoms with Crippen LogP contribution in [-0.4, -0.2) is 33.9 Å². The normalized spacial score (nSPS) is 11.2. The minimum absolute atomic E-state index is 0.0860. The van der Waals surface area contributed by atoms with Crippen LogP contribution >= 0.6 is 0 Å². The zero-order valence-electron chi connectivity index (χ0n) is 15.6. The first kappa shape index (κ1) is 18.5. The van der Waals surface area contributed by atoms with Gasteiger partial charge in [0.1, 0.15) is 0 Å². The number of para-hydroxylation sites is 1. The van der Waals surface area contributed by atoms with Gasteiger partial charge in [-0.1, -0.05) is 18.2 Å². The van der Waals surface area contributed by atoms with E-state index in [2.05, 4.69) is 20.6 Å². The van der Waals surface area contributed by atoms with Gasteiger partial charge in [0.05, 0.1) is 23.3 Å². The number of carbonyl (C=O) groups is 2. The van der Waals surface area contributed by atoms with Gasteiger partial charge in [-0.3, -0.25) is 14.6 Å². The van der Waals surface area contributed by atoms with E-state index in [-0.39, 0.29) is 23.9 Å². The fourth-order valence-electron chi connectivity index (χ4n) is 2.75. The third kappa shape index (κ3) is 4.67. The Bertz CT molecular complexity index is 978. The molecule has 2 heterocycles. The second kappa shape index (κ2) is 7.53. The van der Waals surface area contributed by atoms with E-state index in [0.29, 0.717) is 11.3 Å². The van der Waals surface area contributed by atoms with Crippen molar-refractivity contribution in [1.29, 1.82) is 0 Å². The molecule has 0 bridgehead atoms. The van der Waals surface area contributed by atoms with E-state index >= 15 is 0 Å². The lowest BCUT2D eigenvalue weighted by Gasteiger charge is -2.20. The molecule has 6 nitrogen and oxygen atoms in total. The van der Waals surface area contributed by atoms with Crippen LogP contribution in [0, 0.1) is 0 Å². The van der Waals surface area contributed by atoms with Crippen molar-refractivity contribution in [3.63, 3.8) is 0 Å². The summed E-state index contributed by atoms with van der Waals surface area (Å²) in [6.07, 6.45) is 3.37. The number of rotatable bonds is 4. The van der Waals surface area contributed by atoms with Crippen molar-refractivity contribution in [2.45, 2.75) is 26.3 Å². The number of aromatic nitrogens is 2. The highest BCUT2D eigenvalue weighted by molar-refractivity contribution is 6.08. The van der Waals surface area contributed by atoms with Crippen molar-refractivity contribution in [2.75, 3.05) is 6.54 Å². The molecule has 0 saturated heterocycles. The highest BCUT2D eigenvalue weighted by atomic mass is 16.2. The van der Waals surface area contributed by atoms with Crippen molar-refractivity contribution in [3.8, 4) is 11.3 Å². The van der Waals surface area contributed by atoms with Gasteiger partial charge in [0.25, 0.3) is 5.91 Å². The Hall–Kier alpha value is -3.28. The maximum Gasteiger partial charge on any atom is 0.252 e. The molecule has 138 valence electrons. The van der Waals surface area contributed by atoms with Gasteiger partial charge in [-0.15, -0.1) is 0 Å². The molecular weight excluding hydrogens is 340 g/mol. The van der Waals surface area contributed by atoms with Gasteiger partial charge in [-0.05, 0) is 45.0 Å². The summed E-state index contributed by atoms with van der Waals surface area (Å²) in [5.41, 5.74) is 2.41. The van der Waals surface area contributed by atoms with Gasteiger partial charge in [0.2, 0.25) is 5.91 Å². The number of amides is 2. The quantitative estimate of drug-likeness (QED) is 0.747. The van der Waals surface area contributed by atoms with Gasteiger partial charge in [0.15, 0.2) is 0 Å². The zero-order valence-corrected chi connectivity index (χ0v) is 15.6. The number of hydrogen-bond donors (Lipinski definition) is 2. The predicted octanol–water partition coefficient (Wildman–Crippen LogP) is 2.94. The SMILES string of the molecule is CC(C)(C)NC(=O)CNC(=O)c1cc(-c2ccncc2)nc2ccccc12. The van der Waals surface area contributed by atoms with Crippen LogP contribution in [-0.2, 0) is 4.79 Å². The summed E-state index contributed by atoms with van der Waals surface area (Å²) in [6.45, 7) is 5.59. The van der Waals surface area contributed by atoms with Crippen LogP contribution in [0.1, 0.15) is 31.1 Å². The van der Waals surface area contributed by atoms with E-state index in [1.807, 2.05) is 57.2 Å². The average Bonchev–Trinajstić information content (AvgIpc) is 2.64. The van der Waals surface area contributed by atoms with Crippen molar-refractivity contribution in [1.82, 2.24) is 20.6 Å². The third-order valence-electron chi connectivity index (χ3n) is 3.86. The Morgan fingerprint density at radius 2 is 1.74 bits per heavy atom. The highest BCUT2D eigenvalue weighted by Gasteiger charge is 2.17. The molecule has 0 aliphatic heterocycles. The van der Waals surface area contributed by atoms with Gasteiger partial charge in [-0.2, -0.15) is 0 Å². The van der Waals surface area contributed by atoms with Crippen molar-refractivity contribution in [3.05, 3.63) is 60.4 Å². The summed E-state index contributed by atoms with van der Waals surface area (Å²) in [4.78, 5) is 33.4. The van der Waals surface area contributed by atoms with Crippen LogP contribution in [0.2, 0.25) is 0 Å². The number of nitrogens with zero attached hydrogens (tertiary/aromatic N) is 2. The van der Waals surface area contributed by atoms with Crippen molar-refractivity contribution in [2.24, 2.45) is 0 Å². The summed E-state index contributed by atoms with van der Waals surface area (Å²) in [7, 11) is 0. The first-order valence-corrected chi connectivity index (χ1v) is 8.73. The topological polar surface area (TPSA) is 84.0 Å². The van der Waals surface area contributed by atoms with Crippen molar-refractivity contribution >= 4 is 22.7 Å². The van der Waals surface area contributed by atoms with Gasteiger partial charge < -0.3 is 10.6 Å². The molecule has 27 heavy (non-hydrogen) atoms. The van der Waals surface area contributed by atoms with E-state index in [1.165, 1.54) is 0 Å². The molecule has 0 aliphatic rings. The zero-order chi connectivity index (χ0) is 19.4. The molecule has 0 atom stereocenters. The maximum absolute atomic E-state index is 12.8. The minimum atomic E-state index is -0.348. The molecule has 0 radical (unpaired) electrons. The number of pyridine rings is 2. The lowest BCUT2D eigenvalue weighted by atomic mass is 10.0. The lowest BCUT2D eigenvalue weighted by Crippen LogP contribution is -2.45. The number of benzene rings is 1. The monoisotopic (exact) mass is 362 g/mol. The molecule has 0 spiro atoms. The third-order valence-corrected chi connectivity index (χ3v) is 3.86. The molecule has 6 heteroatoms. The summed E-state index contributed by atoms with van der Waals surface area (Å²) in [5.74, 6) is -0.545. The number of fused-ring (bicyclic) bond motifs is 1. The molecule has 2 N–H and O–H groups in total. The molecule has 3 aromatic rings. The summed E-state index contributed by atoms with van der Waals surface area (Å²) in [6, 6.07) is 12.9. The van der Waals surface area contributed by atoms with Crippen molar-refractivity contribution < 1.29 is 9.59 Å². The predicted molar refractivity (Wildman–Crippen MR) is 105 cm³/mol. The smallest absolute Gasteiger partial charge is 0.252 e. The highest BCUT2D eigenvalue weighted by Crippen LogP contribution is 2.24. The van der Waals surface area contributed by atoms with Crippen LogP contribution in [0.15, 0.2) is 54.9 Å². The van der Waals surface area contributed by atoms with E-state index in [4.69, 9.17) is 0 Å². The summed E-state index contributed by atoms with van der Waals surface area (Å²) < 4.78 is 0. The molecule has 0 saturated carbocycles. The Kier molecular flexibility index (Phi) is 5.16. The molecule has 0 fully saturated rings. The number of nitrogens with one attached hydrogen (secondary N) is 2. The molecule has 1 aromatic carbocycles. The Morgan fingerprint density at radius 3 is 2.44 bits per heavy atom. The fraction of sp³-hybridized carbons (Fsp3) is 0.238. The first-order chi connectivity index (χ1) is 12.8. The second-order valence-electron chi connectivity index (χ2n) is 7.29. The summed E-state index contributed by atoms with van der Waals surface area (Å²) in [5, 5.41) is 6.27. The van der Waals surface area contributed by atoms with Gasteiger partial charge >= 0.3 is 0 Å². The van der Waals surface area contributed by atoms with E-state index in [9.17, 15) is 9.59 Å². The fourth-order valence-corrected chi connectivity index (χ4v) is 2.75. The minimum Gasteiger partial charge on any atom is -0.350 e. The molecule has 0 aliphatic carbocycles. The average molecular weight is 362 g/mol. The first-order valence-electron chi connectivity index (χ1n) is 8.73. The molecule has 3 rings (SSSR count). The molecule has 0 unspecified atom stereocenters. The summed E-state index contributed by atoms with van der Waals surface area (Å²) >= 11 is 0. The lowest BCUT2D eigenvalue weighted by molar-refractivity contribution is -0.121. The van der Waals surface area contributed by atoms with Crippen LogP contribution in [0.5, 0.6) is 0 Å². The largest absolute Gasteiger partial charge is 0.350 e. The van der Waals surface area contributed by atoms with Crippen LogP contribution in [0.3, 0.4) is 0 Å². The van der Waals surface area contributed by atoms with E-state index < -0.39 is 0 Å². The Labute approximate surface area is 158 Å². The Balaban J connectivity index is 1.90. The molecule has 2 aromatic heterocycles. The maximum atomic E-state index is 12.8. The van der Waals surface area contributed by atoms with Gasteiger partial charge in [0, 0.05) is 28.9 Å². The number of hydrogen-bond acceptors (Lipinski definition) is 4. The van der Waals surface area contributed by atoms with Crippen LogP contribution < -0.4 is 10.6 Å². The number of carbonyl (C=O) groups excluding carboxylic acids is 2. The van der Waals surface area contributed by atoms with Crippen LogP contribution in [0.4, 0.5) is 0 Å². The van der Waals surface area contributed by atoms with E-state index in [0.717, 1.165) is 16.5 Å². The van der Waals surface area contributed by atoms with Gasteiger partial charge in [-0.25, -0.2) is 4.98 Å².